The number of halogens is 3. The number of pyridine rings is 1. The number of fused-ring (bicyclic) bond motifs is 1. The van der Waals surface area contributed by atoms with Crippen LogP contribution in [0, 0.1) is 11.3 Å². The van der Waals surface area contributed by atoms with Crippen LogP contribution in [0.3, 0.4) is 0 Å². The molecule has 166 valence electrons. The molecule has 31 heavy (non-hydrogen) atoms. The summed E-state index contributed by atoms with van der Waals surface area (Å²) < 4.78 is 51.3. The van der Waals surface area contributed by atoms with Gasteiger partial charge in [0.05, 0.1) is 33.8 Å². The second-order valence-electron chi connectivity index (χ2n) is 6.74. The lowest BCUT2D eigenvalue weighted by molar-refractivity contribution is -0.136. The van der Waals surface area contributed by atoms with Gasteiger partial charge in [-0.25, -0.2) is 9.78 Å². The SMILES string of the molecule is CNC(=O)c1csc2c(C(F)(F)F)cc(OC3CCN(C(=O)OCCC#N)CC3)nc12. The van der Waals surface area contributed by atoms with E-state index in [9.17, 15) is 22.8 Å². The summed E-state index contributed by atoms with van der Waals surface area (Å²) in [7, 11) is 1.38. The number of likely N-dealkylation sites (tertiary alicyclic amines) is 1. The van der Waals surface area contributed by atoms with Gasteiger partial charge in [-0.05, 0) is 0 Å². The number of nitriles is 1. The van der Waals surface area contributed by atoms with Gasteiger partial charge in [-0.1, -0.05) is 0 Å². The van der Waals surface area contributed by atoms with E-state index in [1.807, 2.05) is 6.07 Å². The number of thiophene rings is 1. The Bertz CT molecular complexity index is 1010. The van der Waals surface area contributed by atoms with Crippen molar-refractivity contribution in [2.45, 2.75) is 31.5 Å². The van der Waals surface area contributed by atoms with Crippen molar-refractivity contribution in [1.82, 2.24) is 15.2 Å². The molecule has 2 aromatic rings. The molecule has 0 aliphatic carbocycles. The lowest BCUT2D eigenvalue weighted by Crippen LogP contribution is -2.42. The highest BCUT2D eigenvalue weighted by molar-refractivity contribution is 7.17. The van der Waals surface area contributed by atoms with Gasteiger partial charge in [0.25, 0.3) is 5.91 Å². The molecule has 0 bridgehead atoms. The number of aromatic nitrogens is 1. The third-order valence-electron chi connectivity index (χ3n) is 4.70. The minimum Gasteiger partial charge on any atom is -0.474 e. The van der Waals surface area contributed by atoms with Crippen LogP contribution < -0.4 is 10.1 Å². The Kier molecular flexibility index (Phi) is 6.84. The van der Waals surface area contributed by atoms with Gasteiger partial charge >= 0.3 is 12.3 Å². The summed E-state index contributed by atoms with van der Waals surface area (Å²) in [6.45, 7) is 0.600. The van der Waals surface area contributed by atoms with E-state index in [4.69, 9.17) is 14.7 Å². The molecule has 0 atom stereocenters. The van der Waals surface area contributed by atoms with Crippen molar-refractivity contribution in [3.05, 3.63) is 22.6 Å². The molecule has 0 saturated carbocycles. The predicted molar refractivity (Wildman–Crippen MR) is 105 cm³/mol. The first-order valence-corrected chi connectivity index (χ1v) is 10.3. The van der Waals surface area contributed by atoms with E-state index in [-0.39, 0.29) is 34.7 Å². The molecular weight excluding hydrogens is 437 g/mol. The zero-order chi connectivity index (χ0) is 22.6. The van der Waals surface area contributed by atoms with Crippen LogP contribution in [0.1, 0.15) is 35.2 Å². The number of piperidine rings is 1. The fourth-order valence-electron chi connectivity index (χ4n) is 3.15. The van der Waals surface area contributed by atoms with E-state index in [1.54, 1.807) is 0 Å². The second kappa shape index (κ2) is 9.38. The smallest absolute Gasteiger partial charge is 0.418 e. The Hall–Kier alpha value is -3.07. The first-order valence-electron chi connectivity index (χ1n) is 9.41. The Morgan fingerprint density at radius 1 is 1.39 bits per heavy atom. The van der Waals surface area contributed by atoms with Crippen molar-refractivity contribution in [2.24, 2.45) is 0 Å². The van der Waals surface area contributed by atoms with Crippen molar-refractivity contribution in [2.75, 3.05) is 26.7 Å². The van der Waals surface area contributed by atoms with Crippen LogP contribution in [0.25, 0.3) is 10.2 Å². The van der Waals surface area contributed by atoms with E-state index < -0.39 is 29.8 Å². The highest BCUT2D eigenvalue weighted by Crippen LogP contribution is 2.40. The first kappa shape index (κ1) is 22.6. The highest BCUT2D eigenvalue weighted by Gasteiger charge is 2.36. The number of nitrogens with zero attached hydrogens (tertiary/aromatic N) is 3. The number of hydrogen-bond donors (Lipinski definition) is 1. The molecule has 1 saturated heterocycles. The van der Waals surface area contributed by atoms with Gasteiger partial charge in [-0.15, -0.1) is 11.3 Å². The van der Waals surface area contributed by atoms with Crippen molar-refractivity contribution < 1.29 is 32.2 Å². The van der Waals surface area contributed by atoms with Crippen LogP contribution >= 0.6 is 11.3 Å². The van der Waals surface area contributed by atoms with Gasteiger partial charge in [0, 0.05) is 44.4 Å². The third kappa shape index (κ3) is 5.16. The lowest BCUT2D eigenvalue weighted by Gasteiger charge is -2.31. The molecule has 0 radical (unpaired) electrons. The average molecular weight is 456 g/mol. The maximum atomic E-state index is 13.6. The van der Waals surface area contributed by atoms with Crippen molar-refractivity contribution in [3.63, 3.8) is 0 Å². The summed E-state index contributed by atoms with van der Waals surface area (Å²) in [5.74, 6) is -0.759. The summed E-state index contributed by atoms with van der Waals surface area (Å²) in [6.07, 6.45) is -4.78. The van der Waals surface area contributed by atoms with Gasteiger partial charge in [0.2, 0.25) is 5.88 Å². The highest BCUT2D eigenvalue weighted by atomic mass is 32.1. The molecule has 0 unspecified atom stereocenters. The molecule has 0 spiro atoms. The Morgan fingerprint density at radius 2 is 2.10 bits per heavy atom. The van der Waals surface area contributed by atoms with Gasteiger partial charge in [0.1, 0.15) is 12.7 Å². The maximum absolute atomic E-state index is 13.6. The van der Waals surface area contributed by atoms with Crippen molar-refractivity contribution >= 4 is 33.6 Å². The minimum atomic E-state index is -4.64. The monoisotopic (exact) mass is 456 g/mol. The molecule has 12 heteroatoms. The fourth-order valence-corrected chi connectivity index (χ4v) is 4.18. The third-order valence-corrected chi connectivity index (χ3v) is 5.71. The van der Waals surface area contributed by atoms with Gasteiger partial charge < -0.3 is 19.7 Å². The Labute approximate surface area is 179 Å². The number of nitrogens with one attached hydrogen (secondary N) is 1. The minimum absolute atomic E-state index is 0.00419. The Balaban J connectivity index is 1.76. The van der Waals surface area contributed by atoms with Crippen molar-refractivity contribution in [3.8, 4) is 11.9 Å². The molecule has 1 aliphatic heterocycles. The summed E-state index contributed by atoms with van der Waals surface area (Å²) in [5, 5.41) is 12.2. The fraction of sp³-hybridized carbons (Fsp3) is 0.474. The van der Waals surface area contributed by atoms with Crippen LogP contribution in [-0.4, -0.2) is 54.7 Å². The van der Waals surface area contributed by atoms with Crippen LogP contribution in [0.2, 0.25) is 0 Å². The number of alkyl halides is 3. The first-order chi connectivity index (χ1) is 14.7. The molecule has 3 heterocycles. The van der Waals surface area contributed by atoms with E-state index in [1.165, 1.54) is 17.3 Å². The number of carbonyl (C=O) groups is 2. The van der Waals surface area contributed by atoms with Gasteiger partial charge in [-0.3, -0.25) is 4.79 Å². The number of ether oxygens (including phenoxy) is 2. The summed E-state index contributed by atoms with van der Waals surface area (Å²) in [6, 6.07) is 2.72. The quantitative estimate of drug-likeness (QED) is 0.690. The number of rotatable bonds is 5. The molecule has 1 fully saturated rings. The van der Waals surface area contributed by atoms with E-state index in [0.29, 0.717) is 25.9 Å². The molecule has 1 N–H and O–H groups in total. The zero-order valence-corrected chi connectivity index (χ0v) is 17.3. The summed E-state index contributed by atoms with van der Waals surface area (Å²) >= 11 is 0.800. The predicted octanol–water partition coefficient (Wildman–Crippen LogP) is 3.57. The largest absolute Gasteiger partial charge is 0.474 e. The molecule has 2 amide bonds. The van der Waals surface area contributed by atoms with Crippen molar-refractivity contribution in [1.29, 1.82) is 5.26 Å². The van der Waals surface area contributed by atoms with Crippen LogP contribution in [0.4, 0.5) is 18.0 Å². The van der Waals surface area contributed by atoms with E-state index >= 15 is 0 Å². The number of hydrogen-bond acceptors (Lipinski definition) is 7. The molecule has 3 rings (SSSR count). The lowest BCUT2D eigenvalue weighted by atomic mass is 10.1. The molecule has 0 aromatic carbocycles. The Morgan fingerprint density at radius 3 is 2.71 bits per heavy atom. The van der Waals surface area contributed by atoms with Gasteiger partial charge in [-0.2, -0.15) is 18.4 Å². The topological polar surface area (TPSA) is 105 Å². The van der Waals surface area contributed by atoms with E-state index in [0.717, 1.165) is 17.4 Å². The number of carbonyl (C=O) groups excluding carboxylic acids is 2. The number of amides is 2. The van der Waals surface area contributed by atoms with Crippen LogP contribution in [-0.2, 0) is 10.9 Å². The van der Waals surface area contributed by atoms with Crippen LogP contribution in [0.5, 0.6) is 5.88 Å². The zero-order valence-electron chi connectivity index (χ0n) is 16.5. The molecule has 1 aliphatic rings. The average Bonchev–Trinajstić information content (AvgIpc) is 3.16. The molecule has 8 nitrogen and oxygen atoms in total. The second-order valence-corrected chi connectivity index (χ2v) is 7.62. The van der Waals surface area contributed by atoms with Gasteiger partial charge in [0.15, 0.2) is 0 Å². The normalized spacial score (nSPS) is 14.9. The molecular formula is C19H19F3N4O4S. The maximum Gasteiger partial charge on any atom is 0.418 e. The molecule has 2 aromatic heterocycles. The van der Waals surface area contributed by atoms with E-state index in [2.05, 4.69) is 10.3 Å². The standard InChI is InChI=1S/C19H19F3N4O4S/c1-24-17(27)12-10-31-16-13(19(20,21)22)9-14(25-15(12)16)30-11-3-6-26(7-4-11)18(28)29-8-2-5-23/h9-11H,2-4,6-8H2,1H3,(H,24,27). The van der Waals surface area contributed by atoms with Crippen LogP contribution in [0.15, 0.2) is 11.4 Å². The summed E-state index contributed by atoms with van der Waals surface area (Å²) in [5.41, 5.74) is -0.924. The summed E-state index contributed by atoms with van der Waals surface area (Å²) in [4.78, 5) is 29.6.